The van der Waals surface area contributed by atoms with Crippen LogP contribution in [0.5, 0.6) is 5.75 Å². The highest BCUT2D eigenvalue weighted by molar-refractivity contribution is 5.74. The van der Waals surface area contributed by atoms with Crippen LogP contribution in [-0.2, 0) is 9.53 Å². The molecular formula is C14H17N3O7. The van der Waals surface area contributed by atoms with E-state index in [1.54, 1.807) is 18.2 Å². The topological polar surface area (TPSA) is 147 Å². The molecule has 24 heavy (non-hydrogen) atoms. The first-order valence-corrected chi connectivity index (χ1v) is 7.28. The van der Waals surface area contributed by atoms with Gasteiger partial charge in [-0.05, 0) is 22.4 Å². The summed E-state index contributed by atoms with van der Waals surface area (Å²) in [7, 11) is 0. The Morgan fingerprint density at radius 3 is 2.75 bits per heavy atom. The summed E-state index contributed by atoms with van der Waals surface area (Å²) in [5, 5.41) is 39.3. The van der Waals surface area contributed by atoms with Gasteiger partial charge in [0, 0.05) is 13.0 Å². The van der Waals surface area contributed by atoms with Crippen molar-refractivity contribution in [2.24, 2.45) is 0 Å². The van der Waals surface area contributed by atoms with Crippen molar-refractivity contribution in [3.63, 3.8) is 0 Å². The second kappa shape index (κ2) is 6.69. The molecule has 1 saturated heterocycles. The third-order valence-electron chi connectivity index (χ3n) is 3.73. The van der Waals surface area contributed by atoms with E-state index in [4.69, 9.17) is 9.47 Å². The number of carbonyl (C=O) groups is 1. The second-order valence-corrected chi connectivity index (χ2v) is 5.47. The minimum absolute atomic E-state index is 0.332. The Labute approximate surface area is 135 Å². The number of nitrogens with one attached hydrogen (secondary N) is 1. The van der Waals surface area contributed by atoms with Gasteiger partial charge in [-0.2, -0.15) is 0 Å². The average molecular weight is 339 g/mol. The molecule has 0 radical (unpaired) electrons. The van der Waals surface area contributed by atoms with E-state index in [9.17, 15) is 20.1 Å². The molecular weight excluding hydrogens is 322 g/mol. The van der Waals surface area contributed by atoms with Gasteiger partial charge in [0.05, 0.1) is 6.61 Å². The van der Waals surface area contributed by atoms with Crippen molar-refractivity contribution in [3.05, 3.63) is 18.2 Å². The summed E-state index contributed by atoms with van der Waals surface area (Å²) in [6, 6.07) is 3.73. The Hall–Kier alpha value is -2.27. The van der Waals surface area contributed by atoms with Gasteiger partial charge in [-0.25, -0.2) is 4.63 Å². The number of hydrogen-bond donors (Lipinski definition) is 4. The van der Waals surface area contributed by atoms with Gasteiger partial charge < -0.3 is 30.1 Å². The Balaban J connectivity index is 1.84. The second-order valence-electron chi connectivity index (χ2n) is 5.47. The Morgan fingerprint density at radius 1 is 1.29 bits per heavy atom. The van der Waals surface area contributed by atoms with Gasteiger partial charge in [-0.1, -0.05) is 0 Å². The van der Waals surface area contributed by atoms with Crippen LogP contribution in [0, 0.1) is 0 Å². The zero-order valence-corrected chi connectivity index (χ0v) is 12.7. The first-order valence-electron chi connectivity index (χ1n) is 7.28. The maximum atomic E-state index is 11.4. The van der Waals surface area contributed by atoms with Gasteiger partial charge in [-0.3, -0.25) is 4.79 Å². The number of benzene rings is 1. The van der Waals surface area contributed by atoms with Crippen molar-refractivity contribution in [3.8, 4) is 5.75 Å². The zero-order valence-electron chi connectivity index (χ0n) is 12.7. The summed E-state index contributed by atoms with van der Waals surface area (Å²) in [5.74, 6) is -0.0964. The molecule has 130 valence electrons. The average Bonchev–Trinajstić information content (AvgIpc) is 3.01. The Kier molecular flexibility index (Phi) is 4.62. The molecule has 0 spiro atoms. The highest BCUT2D eigenvalue weighted by Gasteiger charge is 2.46. The highest BCUT2D eigenvalue weighted by atomic mass is 16.7. The van der Waals surface area contributed by atoms with E-state index >= 15 is 0 Å². The van der Waals surface area contributed by atoms with E-state index in [-0.39, 0.29) is 0 Å². The summed E-state index contributed by atoms with van der Waals surface area (Å²) in [5.41, 5.74) is 0.993. The fourth-order valence-electron chi connectivity index (χ4n) is 2.54. The van der Waals surface area contributed by atoms with Crippen LogP contribution in [0.1, 0.15) is 6.92 Å². The quantitative estimate of drug-likeness (QED) is 0.525. The number of aliphatic hydroxyl groups excluding tert-OH is 3. The number of ether oxygens (including phenoxy) is 2. The van der Waals surface area contributed by atoms with Gasteiger partial charge in [0.1, 0.15) is 41.1 Å². The SMILES string of the molecule is CC(=O)N[C@H]1[C@H](Oc2ccc3nonc3c2)O[C@H](CO)[C@@H](O)[C@H]1O. The van der Waals surface area contributed by atoms with Crippen LogP contribution in [0.25, 0.3) is 11.0 Å². The molecule has 5 atom stereocenters. The van der Waals surface area contributed by atoms with Crippen molar-refractivity contribution in [1.82, 2.24) is 15.6 Å². The number of carbonyl (C=O) groups excluding carboxylic acids is 1. The van der Waals surface area contributed by atoms with Crippen LogP contribution in [0.4, 0.5) is 0 Å². The van der Waals surface area contributed by atoms with Gasteiger partial charge in [0.2, 0.25) is 12.2 Å². The molecule has 1 amide bonds. The fraction of sp³-hybridized carbons (Fsp3) is 0.500. The molecule has 1 fully saturated rings. The molecule has 0 bridgehead atoms. The summed E-state index contributed by atoms with van der Waals surface area (Å²) in [4.78, 5) is 11.4. The molecule has 1 aliphatic rings. The number of amides is 1. The molecule has 0 aliphatic carbocycles. The van der Waals surface area contributed by atoms with Crippen molar-refractivity contribution in [1.29, 1.82) is 0 Å². The molecule has 1 aromatic heterocycles. The highest BCUT2D eigenvalue weighted by Crippen LogP contribution is 2.26. The number of nitrogens with zero attached hydrogens (tertiary/aromatic N) is 2. The monoisotopic (exact) mass is 339 g/mol. The number of hydrogen-bond acceptors (Lipinski definition) is 9. The maximum absolute atomic E-state index is 11.4. The van der Waals surface area contributed by atoms with E-state index in [2.05, 4.69) is 20.3 Å². The van der Waals surface area contributed by atoms with Crippen LogP contribution in [-0.4, -0.2) is 68.8 Å². The van der Waals surface area contributed by atoms with Crippen LogP contribution >= 0.6 is 0 Å². The normalized spacial score (nSPS) is 30.2. The lowest BCUT2D eigenvalue weighted by Gasteiger charge is -2.42. The third kappa shape index (κ3) is 3.17. The van der Waals surface area contributed by atoms with E-state index in [0.29, 0.717) is 16.8 Å². The molecule has 2 heterocycles. The van der Waals surface area contributed by atoms with Crippen LogP contribution in [0.3, 0.4) is 0 Å². The van der Waals surface area contributed by atoms with Gasteiger partial charge >= 0.3 is 0 Å². The lowest BCUT2D eigenvalue weighted by atomic mass is 9.97. The molecule has 1 aliphatic heterocycles. The van der Waals surface area contributed by atoms with Gasteiger partial charge in [0.15, 0.2) is 0 Å². The van der Waals surface area contributed by atoms with Crippen molar-refractivity contribution in [2.45, 2.75) is 37.6 Å². The molecule has 0 unspecified atom stereocenters. The number of aliphatic hydroxyl groups is 3. The summed E-state index contributed by atoms with van der Waals surface area (Å²) in [6.45, 7) is 0.749. The predicted octanol–water partition coefficient (Wildman–Crippen LogP) is -1.45. The minimum Gasteiger partial charge on any atom is -0.462 e. The lowest BCUT2D eigenvalue weighted by Crippen LogP contribution is -2.65. The van der Waals surface area contributed by atoms with Gasteiger partial charge in [0.25, 0.3) is 0 Å². The molecule has 10 nitrogen and oxygen atoms in total. The van der Waals surface area contributed by atoms with Crippen molar-refractivity contribution < 1.29 is 34.2 Å². The van der Waals surface area contributed by atoms with Crippen LogP contribution in [0.15, 0.2) is 22.8 Å². The van der Waals surface area contributed by atoms with Crippen molar-refractivity contribution >= 4 is 16.9 Å². The zero-order chi connectivity index (χ0) is 17.3. The smallest absolute Gasteiger partial charge is 0.223 e. The molecule has 2 aromatic rings. The fourth-order valence-corrected chi connectivity index (χ4v) is 2.54. The largest absolute Gasteiger partial charge is 0.462 e. The number of aromatic nitrogens is 2. The lowest BCUT2D eigenvalue weighted by molar-refractivity contribution is -0.244. The summed E-state index contributed by atoms with van der Waals surface area (Å²) in [6.07, 6.45) is -4.91. The Morgan fingerprint density at radius 2 is 2.04 bits per heavy atom. The molecule has 10 heteroatoms. The summed E-state index contributed by atoms with van der Waals surface area (Å²) >= 11 is 0. The van der Waals surface area contributed by atoms with Crippen LogP contribution < -0.4 is 10.1 Å². The molecule has 4 N–H and O–H groups in total. The standard InChI is InChI=1S/C14H17N3O7/c1-6(19)15-11-13(21)12(20)10(5-18)23-14(11)22-7-2-3-8-9(4-7)17-24-16-8/h2-4,10-14,18,20-21H,5H2,1H3,(H,15,19)/t10-,11-,12-,13+,14-/m1/s1. The Bertz CT molecular complexity index is 721. The maximum Gasteiger partial charge on any atom is 0.223 e. The third-order valence-corrected chi connectivity index (χ3v) is 3.73. The minimum atomic E-state index is -1.37. The van der Waals surface area contributed by atoms with E-state index in [1.807, 2.05) is 0 Å². The van der Waals surface area contributed by atoms with Gasteiger partial charge in [-0.15, -0.1) is 0 Å². The van der Waals surface area contributed by atoms with Crippen LogP contribution in [0.2, 0.25) is 0 Å². The molecule has 0 saturated carbocycles. The first-order chi connectivity index (χ1) is 11.5. The predicted molar refractivity (Wildman–Crippen MR) is 77.8 cm³/mol. The molecule has 1 aromatic carbocycles. The van der Waals surface area contributed by atoms with E-state index in [0.717, 1.165) is 0 Å². The number of fused-ring (bicyclic) bond motifs is 1. The van der Waals surface area contributed by atoms with E-state index in [1.165, 1.54) is 6.92 Å². The molecule has 3 rings (SSSR count). The first kappa shape index (κ1) is 16.6. The van der Waals surface area contributed by atoms with E-state index < -0.39 is 43.2 Å². The van der Waals surface area contributed by atoms with Crippen molar-refractivity contribution in [2.75, 3.05) is 6.61 Å². The number of rotatable bonds is 4. The summed E-state index contributed by atoms with van der Waals surface area (Å²) < 4.78 is 15.7.